The van der Waals surface area contributed by atoms with Crippen LogP contribution in [0.25, 0.3) is 0 Å². The van der Waals surface area contributed by atoms with Gasteiger partial charge in [-0.2, -0.15) is 26.7 Å². The Kier molecular flexibility index (Phi) is 7.32. The highest BCUT2D eigenvalue weighted by Gasteiger charge is 2.33. The van der Waals surface area contributed by atoms with Crippen LogP contribution in [0.4, 0.5) is 30.4 Å². The standard InChI is InChI=1S/C21H21ClF3N7O.H2S/c1-11-19-17(31(3)12(2)20(33)28-19)7-18(27-11)26-8-15-10-32(30-29-15)9-13-4-5-14(22)6-16(13)21(23,24)25;/h4-7,10,12H,8-9H2,1-3H3,(H,26,27)(H,28,33);1H2/t12-;/m0./s1. The largest absolute Gasteiger partial charge is 0.416 e. The average molecular weight is 514 g/mol. The molecule has 1 atom stereocenters. The van der Waals surface area contributed by atoms with Crippen molar-refractivity contribution in [3.63, 3.8) is 0 Å². The quantitative estimate of drug-likeness (QED) is 0.531. The Hall–Kier alpha value is -2.99. The minimum absolute atomic E-state index is 0. The molecule has 0 aliphatic carbocycles. The van der Waals surface area contributed by atoms with Crippen molar-refractivity contribution < 1.29 is 18.0 Å². The maximum absolute atomic E-state index is 13.3. The minimum atomic E-state index is -4.52. The minimum Gasteiger partial charge on any atom is -0.364 e. The molecule has 8 nitrogen and oxygen atoms in total. The van der Waals surface area contributed by atoms with Crippen LogP contribution in [0, 0.1) is 6.92 Å². The number of halogens is 4. The first-order valence-electron chi connectivity index (χ1n) is 10.1. The lowest BCUT2D eigenvalue weighted by Crippen LogP contribution is -2.44. The molecule has 0 unspecified atom stereocenters. The Bertz CT molecular complexity index is 1220. The third-order valence-electron chi connectivity index (χ3n) is 5.51. The molecule has 2 aromatic heterocycles. The Morgan fingerprint density at radius 2 is 2.00 bits per heavy atom. The summed E-state index contributed by atoms with van der Waals surface area (Å²) in [6.07, 6.45) is -2.95. The number of aromatic nitrogens is 4. The maximum Gasteiger partial charge on any atom is 0.416 e. The van der Waals surface area contributed by atoms with Crippen molar-refractivity contribution in [1.29, 1.82) is 0 Å². The van der Waals surface area contributed by atoms with E-state index in [1.807, 2.05) is 24.9 Å². The topological polar surface area (TPSA) is 88.0 Å². The van der Waals surface area contributed by atoms with E-state index in [2.05, 4.69) is 25.9 Å². The molecule has 3 heterocycles. The second kappa shape index (κ2) is 9.71. The van der Waals surface area contributed by atoms with Gasteiger partial charge in [-0.1, -0.05) is 22.9 Å². The number of carbonyl (C=O) groups excluding carboxylic acids is 1. The highest BCUT2D eigenvalue weighted by atomic mass is 35.5. The number of hydrogen-bond acceptors (Lipinski definition) is 6. The maximum atomic E-state index is 13.3. The fourth-order valence-corrected chi connectivity index (χ4v) is 3.77. The van der Waals surface area contributed by atoms with Crippen LogP contribution in [0.15, 0.2) is 30.5 Å². The van der Waals surface area contributed by atoms with E-state index in [4.69, 9.17) is 11.6 Å². The molecule has 0 spiro atoms. The molecular formula is C21H23ClF3N7OS. The molecule has 34 heavy (non-hydrogen) atoms. The van der Waals surface area contributed by atoms with Crippen molar-refractivity contribution in [1.82, 2.24) is 20.0 Å². The van der Waals surface area contributed by atoms with E-state index in [0.717, 1.165) is 11.8 Å². The fraction of sp³-hybridized carbons (Fsp3) is 0.333. The van der Waals surface area contributed by atoms with E-state index < -0.39 is 11.7 Å². The number of benzene rings is 1. The summed E-state index contributed by atoms with van der Waals surface area (Å²) in [4.78, 5) is 18.4. The van der Waals surface area contributed by atoms with Gasteiger partial charge in [-0.3, -0.25) is 4.79 Å². The number of anilines is 3. The van der Waals surface area contributed by atoms with E-state index in [0.29, 0.717) is 22.9 Å². The zero-order valence-electron chi connectivity index (χ0n) is 18.5. The Morgan fingerprint density at radius 1 is 1.26 bits per heavy atom. The lowest BCUT2D eigenvalue weighted by atomic mass is 10.1. The van der Waals surface area contributed by atoms with Crippen molar-refractivity contribution in [3.8, 4) is 0 Å². The van der Waals surface area contributed by atoms with Gasteiger partial charge in [0.1, 0.15) is 17.6 Å². The predicted octanol–water partition coefficient (Wildman–Crippen LogP) is 4.20. The summed E-state index contributed by atoms with van der Waals surface area (Å²) in [6.45, 7) is 3.78. The van der Waals surface area contributed by atoms with Gasteiger partial charge in [-0.05, 0) is 31.5 Å². The molecule has 1 aliphatic rings. The first-order chi connectivity index (χ1) is 15.5. The summed E-state index contributed by atoms with van der Waals surface area (Å²) >= 11 is 5.74. The summed E-state index contributed by atoms with van der Waals surface area (Å²) in [5, 5.41) is 14.0. The number of fused-ring (bicyclic) bond motifs is 1. The van der Waals surface area contributed by atoms with Crippen LogP contribution < -0.4 is 15.5 Å². The second-order valence-corrected chi connectivity index (χ2v) is 8.26. The van der Waals surface area contributed by atoms with Gasteiger partial charge in [0, 0.05) is 18.1 Å². The van der Waals surface area contributed by atoms with Crippen LogP contribution in [-0.2, 0) is 24.1 Å². The lowest BCUT2D eigenvalue weighted by Gasteiger charge is -2.34. The highest BCUT2D eigenvalue weighted by Crippen LogP contribution is 2.35. The molecule has 0 saturated heterocycles. The predicted molar refractivity (Wildman–Crippen MR) is 129 cm³/mol. The van der Waals surface area contributed by atoms with E-state index in [1.165, 1.54) is 16.8 Å². The zero-order chi connectivity index (χ0) is 23.9. The van der Waals surface area contributed by atoms with Crippen molar-refractivity contribution in [2.75, 3.05) is 22.6 Å². The molecule has 1 aliphatic heterocycles. The smallest absolute Gasteiger partial charge is 0.364 e. The number of aryl methyl sites for hydroxylation is 1. The molecule has 1 aromatic carbocycles. The summed E-state index contributed by atoms with van der Waals surface area (Å²) in [7, 11) is 1.84. The van der Waals surface area contributed by atoms with Crippen molar-refractivity contribution >= 4 is 48.2 Å². The summed E-state index contributed by atoms with van der Waals surface area (Å²) in [6, 6.07) is 5.16. The van der Waals surface area contributed by atoms with Crippen molar-refractivity contribution in [2.45, 2.75) is 39.2 Å². The molecule has 2 N–H and O–H groups in total. The molecular weight excluding hydrogens is 491 g/mol. The monoisotopic (exact) mass is 513 g/mol. The van der Waals surface area contributed by atoms with Gasteiger partial charge in [-0.25, -0.2) is 9.67 Å². The van der Waals surface area contributed by atoms with Gasteiger partial charge in [-0.15, -0.1) is 5.10 Å². The number of likely N-dealkylation sites (N-methyl/N-ethyl adjacent to an activating group) is 1. The van der Waals surface area contributed by atoms with Crippen LogP contribution in [0.5, 0.6) is 0 Å². The Balaban J connectivity index is 0.00000324. The first kappa shape index (κ1) is 25.6. The van der Waals surface area contributed by atoms with E-state index >= 15 is 0 Å². The number of alkyl halides is 3. The number of pyridine rings is 1. The number of nitrogens with zero attached hydrogens (tertiary/aromatic N) is 5. The molecule has 1 amide bonds. The summed E-state index contributed by atoms with van der Waals surface area (Å²) < 4.78 is 41.3. The second-order valence-electron chi connectivity index (χ2n) is 7.82. The fourth-order valence-electron chi connectivity index (χ4n) is 3.59. The third kappa shape index (κ3) is 5.22. The lowest BCUT2D eigenvalue weighted by molar-refractivity contribution is -0.138. The van der Waals surface area contributed by atoms with Gasteiger partial charge in [0.25, 0.3) is 0 Å². The van der Waals surface area contributed by atoms with Crippen molar-refractivity contribution in [3.05, 3.63) is 58.0 Å². The highest BCUT2D eigenvalue weighted by molar-refractivity contribution is 7.59. The molecule has 4 rings (SSSR count). The summed E-state index contributed by atoms with van der Waals surface area (Å²) in [5.41, 5.74) is 1.94. The van der Waals surface area contributed by atoms with E-state index in [-0.39, 0.29) is 49.1 Å². The van der Waals surface area contributed by atoms with Gasteiger partial charge in [0.15, 0.2) is 0 Å². The van der Waals surface area contributed by atoms with Gasteiger partial charge in [0.2, 0.25) is 5.91 Å². The van der Waals surface area contributed by atoms with E-state index in [1.54, 1.807) is 13.1 Å². The average Bonchev–Trinajstić information content (AvgIpc) is 3.19. The summed E-state index contributed by atoms with van der Waals surface area (Å²) in [5.74, 6) is 0.481. The molecule has 0 fully saturated rings. The van der Waals surface area contributed by atoms with Crippen LogP contribution in [-0.4, -0.2) is 39.0 Å². The van der Waals surface area contributed by atoms with E-state index in [9.17, 15) is 18.0 Å². The van der Waals surface area contributed by atoms with Gasteiger partial charge < -0.3 is 15.5 Å². The number of carbonyl (C=O) groups is 1. The molecule has 0 bridgehead atoms. The Morgan fingerprint density at radius 3 is 2.71 bits per heavy atom. The zero-order valence-corrected chi connectivity index (χ0v) is 20.3. The third-order valence-corrected chi connectivity index (χ3v) is 5.75. The van der Waals surface area contributed by atoms with Gasteiger partial charge in [0.05, 0.1) is 41.9 Å². The number of rotatable bonds is 5. The normalized spacial score (nSPS) is 15.4. The van der Waals surface area contributed by atoms with Crippen molar-refractivity contribution in [2.24, 2.45) is 0 Å². The molecule has 182 valence electrons. The first-order valence-corrected chi connectivity index (χ1v) is 10.4. The van der Waals surface area contributed by atoms with Crippen LogP contribution in [0.2, 0.25) is 5.02 Å². The number of amides is 1. The van der Waals surface area contributed by atoms with Crippen LogP contribution in [0.3, 0.4) is 0 Å². The Labute approximate surface area is 205 Å². The molecule has 3 aromatic rings. The molecule has 13 heteroatoms. The number of nitrogens with one attached hydrogen (secondary N) is 2. The molecule has 0 radical (unpaired) electrons. The SMILES string of the molecule is Cc1nc(NCc2cn(Cc3ccc(Cl)cc3C(F)(F)F)nn2)cc2c1NC(=O)[C@H](C)N2C.S. The molecule has 0 saturated carbocycles. The van der Waals surface area contributed by atoms with Gasteiger partial charge >= 0.3 is 6.18 Å². The van der Waals surface area contributed by atoms with Crippen LogP contribution in [0.1, 0.15) is 29.4 Å². The number of hydrogen-bond donors (Lipinski definition) is 2. The van der Waals surface area contributed by atoms with Crippen LogP contribution >= 0.6 is 25.1 Å².